The Labute approximate surface area is 191 Å². The molecule has 2 bridgehead atoms. The highest BCUT2D eigenvalue weighted by atomic mass is 32.2. The summed E-state index contributed by atoms with van der Waals surface area (Å²) in [5, 5.41) is 12.5. The Hall–Kier alpha value is -1.23. The van der Waals surface area contributed by atoms with Gasteiger partial charge in [0.15, 0.2) is 0 Å². The predicted molar refractivity (Wildman–Crippen MR) is 122 cm³/mol. The SMILES string of the molecule is NCCCC[C@H](NS(=O)(=O)N[C@@H](CC1CCCCC1)C(=O)N[C@@H]1C[C@H]2CC[C@@H]1C2)C(=O)O. The smallest absolute Gasteiger partial charge is 0.321 e. The van der Waals surface area contributed by atoms with Gasteiger partial charge in [0.25, 0.3) is 10.2 Å². The van der Waals surface area contributed by atoms with Gasteiger partial charge in [0.1, 0.15) is 12.1 Å². The van der Waals surface area contributed by atoms with Gasteiger partial charge in [0, 0.05) is 6.04 Å². The van der Waals surface area contributed by atoms with E-state index in [0.717, 1.165) is 44.9 Å². The molecule has 3 saturated carbocycles. The Morgan fingerprint density at radius 1 is 0.969 bits per heavy atom. The summed E-state index contributed by atoms with van der Waals surface area (Å²) in [7, 11) is -4.17. The second-order valence-corrected chi connectivity index (χ2v) is 11.5. The number of hydrogen-bond donors (Lipinski definition) is 5. The molecule has 0 spiro atoms. The van der Waals surface area contributed by atoms with Crippen molar-refractivity contribution in [2.45, 2.75) is 102 Å². The van der Waals surface area contributed by atoms with Crippen LogP contribution in [0.5, 0.6) is 0 Å². The first-order valence-corrected chi connectivity index (χ1v) is 13.8. The molecular formula is C22H40N4O5S. The van der Waals surface area contributed by atoms with Crippen LogP contribution in [0.25, 0.3) is 0 Å². The highest BCUT2D eigenvalue weighted by Gasteiger charge is 2.41. The van der Waals surface area contributed by atoms with Crippen molar-refractivity contribution < 1.29 is 23.1 Å². The normalized spacial score (nSPS) is 27.8. The summed E-state index contributed by atoms with van der Waals surface area (Å²) in [5.41, 5.74) is 5.45. The first-order valence-electron chi connectivity index (χ1n) is 12.3. The maximum Gasteiger partial charge on any atom is 0.321 e. The largest absolute Gasteiger partial charge is 0.480 e. The van der Waals surface area contributed by atoms with Crippen LogP contribution in [0, 0.1) is 17.8 Å². The maximum atomic E-state index is 13.2. The van der Waals surface area contributed by atoms with Crippen molar-refractivity contribution in [1.29, 1.82) is 0 Å². The van der Waals surface area contributed by atoms with E-state index < -0.39 is 28.3 Å². The first-order chi connectivity index (χ1) is 15.3. The van der Waals surface area contributed by atoms with E-state index in [1.807, 2.05) is 0 Å². The molecule has 0 aromatic carbocycles. The Kier molecular flexibility index (Phi) is 9.33. The van der Waals surface area contributed by atoms with Crippen LogP contribution in [0.4, 0.5) is 0 Å². The lowest BCUT2D eigenvalue weighted by molar-refractivity contribution is -0.139. The van der Waals surface area contributed by atoms with E-state index in [1.165, 1.54) is 12.8 Å². The van der Waals surface area contributed by atoms with Crippen LogP contribution in [-0.2, 0) is 19.8 Å². The Bertz CT molecular complexity index is 741. The van der Waals surface area contributed by atoms with E-state index in [2.05, 4.69) is 14.8 Å². The molecule has 1 amide bonds. The molecule has 3 rings (SSSR count). The molecule has 0 aliphatic heterocycles. The number of unbranched alkanes of at least 4 members (excludes halogenated alkanes) is 1. The molecule has 3 aliphatic carbocycles. The van der Waals surface area contributed by atoms with Crippen LogP contribution < -0.4 is 20.5 Å². The van der Waals surface area contributed by atoms with E-state index in [9.17, 15) is 23.1 Å². The first kappa shape index (κ1) is 25.4. The van der Waals surface area contributed by atoms with Crippen molar-refractivity contribution in [1.82, 2.24) is 14.8 Å². The van der Waals surface area contributed by atoms with Crippen LogP contribution in [0.15, 0.2) is 0 Å². The molecule has 32 heavy (non-hydrogen) atoms. The van der Waals surface area contributed by atoms with Crippen LogP contribution in [0.2, 0.25) is 0 Å². The standard InChI is InChI=1S/C22H40N4O5S/c23-11-5-4-8-18(22(28)29)25-32(30,31)26-20(13-15-6-2-1-3-7-15)21(27)24-19-14-16-9-10-17(19)12-16/h15-20,25-26H,1-14,23H2,(H,24,27)(H,28,29)/t16-,17+,18-,19+,20-/m0/s1. The molecule has 3 fully saturated rings. The molecule has 0 aromatic heterocycles. The minimum Gasteiger partial charge on any atom is -0.480 e. The zero-order valence-corrected chi connectivity index (χ0v) is 19.7. The minimum absolute atomic E-state index is 0.121. The van der Waals surface area contributed by atoms with E-state index in [0.29, 0.717) is 43.6 Å². The third-order valence-electron chi connectivity index (χ3n) is 7.52. The van der Waals surface area contributed by atoms with Gasteiger partial charge in [-0.1, -0.05) is 44.9 Å². The summed E-state index contributed by atoms with van der Waals surface area (Å²) in [4.78, 5) is 24.7. The number of carboxylic acid groups (broad SMARTS) is 1. The highest BCUT2D eigenvalue weighted by Crippen LogP contribution is 2.44. The Morgan fingerprint density at radius 3 is 2.28 bits per heavy atom. The second kappa shape index (κ2) is 11.8. The molecule has 184 valence electrons. The van der Waals surface area contributed by atoms with E-state index in [4.69, 9.17) is 5.73 Å². The molecule has 5 atom stereocenters. The summed E-state index contributed by atoms with van der Waals surface area (Å²) in [6, 6.07) is -2.02. The van der Waals surface area contributed by atoms with Crippen LogP contribution in [0.3, 0.4) is 0 Å². The quantitative estimate of drug-likeness (QED) is 0.257. The zero-order valence-electron chi connectivity index (χ0n) is 18.9. The van der Waals surface area contributed by atoms with Crippen molar-refractivity contribution in [2.75, 3.05) is 6.54 Å². The third kappa shape index (κ3) is 7.40. The van der Waals surface area contributed by atoms with Crippen molar-refractivity contribution in [2.24, 2.45) is 23.5 Å². The molecule has 0 radical (unpaired) electrons. The number of fused-ring (bicyclic) bond motifs is 2. The average molecular weight is 473 g/mol. The van der Waals surface area contributed by atoms with Gasteiger partial charge in [-0.3, -0.25) is 9.59 Å². The van der Waals surface area contributed by atoms with Gasteiger partial charge in [0.05, 0.1) is 0 Å². The molecule has 0 heterocycles. The molecule has 6 N–H and O–H groups in total. The van der Waals surface area contributed by atoms with Gasteiger partial charge in [-0.25, -0.2) is 0 Å². The van der Waals surface area contributed by atoms with Gasteiger partial charge < -0.3 is 16.2 Å². The number of nitrogens with two attached hydrogens (primary N) is 1. The fourth-order valence-corrected chi connectivity index (χ4v) is 7.04. The average Bonchev–Trinajstić information content (AvgIpc) is 3.36. The van der Waals surface area contributed by atoms with Gasteiger partial charge in [-0.05, 0) is 62.8 Å². The molecule has 0 unspecified atom stereocenters. The Balaban J connectivity index is 1.64. The van der Waals surface area contributed by atoms with Crippen molar-refractivity contribution in [3.63, 3.8) is 0 Å². The molecular weight excluding hydrogens is 432 g/mol. The molecule has 10 heteroatoms. The summed E-state index contributed by atoms with van der Waals surface area (Å²) < 4.78 is 30.3. The lowest BCUT2D eigenvalue weighted by atomic mass is 9.84. The molecule has 3 aliphatic rings. The third-order valence-corrected chi connectivity index (χ3v) is 8.71. The van der Waals surface area contributed by atoms with E-state index >= 15 is 0 Å². The number of nitrogens with one attached hydrogen (secondary N) is 3. The lowest BCUT2D eigenvalue weighted by Crippen LogP contribution is -2.55. The summed E-state index contributed by atoms with van der Waals surface area (Å²) in [5.74, 6) is -0.0588. The van der Waals surface area contributed by atoms with Crippen molar-refractivity contribution in [3.8, 4) is 0 Å². The monoisotopic (exact) mass is 472 g/mol. The second-order valence-electron chi connectivity index (χ2n) is 10.00. The van der Waals surface area contributed by atoms with Gasteiger partial charge in [0.2, 0.25) is 5.91 Å². The van der Waals surface area contributed by atoms with Crippen LogP contribution >= 0.6 is 0 Å². The summed E-state index contributed by atoms with van der Waals surface area (Å²) in [6.07, 6.45) is 11.5. The van der Waals surface area contributed by atoms with Crippen LogP contribution in [-0.4, -0.2) is 50.1 Å². The predicted octanol–water partition coefficient (Wildman–Crippen LogP) is 1.64. The number of rotatable bonds is 13. The van der Waals surface area contributed by atoms with E-state index in [1.54, 1.807) is 0 Å². The maximum absolute atomic E-state index is 13.2. The molecule has 0 saturated heterocycles. The molecule has 0 aromatic rings. The minimum atomic E-state index is -4.17. The lowest BCUT2D eigenvalue weighted by Gasteiger charge is -2.29. The van der Waals surface area contributed by atoms with Gasteiger partial charge in [-0.2, -0.15) is 17.9 Å². The number of carbonyl (C=O) groups excluding carboxylic acids is 1. The number of aliphatic carboxylic acids is 1. The van der Waals surface area contributed by atoms with Crippen molar-refractivity contribution in [3.05, 3.63) is 0 Å². The number of amides is 1. The fourth-order valence-electron chi connectivity index (χ4n) is 5.80. The highest BCUT2D eigenvalue weighted by molar-refractivity contribution is 7.87. The van der Waals surface area contributed by atoms with Gasteiger partial charge in [-0.15, -0.1) is 0 Å². The number of hydrogen-bond acceptors (Lipinski definition) is 5. The fraction of sp³-hybridized carbons (Fsp3) is 0.909. The van der Waals surface area contributed by atoms with Crippen LogP contribution in [0.1, 0.15) is 83.5 Å². The topological polar surface area (TPSA) is 151 Å². The summed E-state index contributed by atoms with van der Waals surface area (Å²) in [6.45, 7) is 0.421. The van der Waals surface area contributed by atoms with Crippen molar-refractivity contribution >= 4 is 22.1 Å². The number of carbonyl (C=O) groups is 2. The zero-order chi connectivity index (χ0) is 23.1. The van der Waals surface area contributed by atoms with E-state index in [-0.39, 0.29) is 18.4 Å². The molecule has 9 nitrogen and oxygen atoms in total. The number of carboxylic acids is 1. The summed E-state index contributed by atoms with van der Waals surface area (Å²) >= 11 is 0. The van der Waals surface area contributed by atoms with Gasteiger partial charge >= 0.3 is 5.97 Å². The Morgan fingerprint density at radius 2 is 1.69 bits per heavy atom.